The number of hydrogen-bond donors (Lipinski definition) is 1. The first-order valence-corrected chi connectivity index (χ1v) is 9.30. The number of fused-ring (bicyclic) bond motifs is 6. The van der Waals surface area contributed by atoms with E-state index in [4.69, 9.17) is 0 Å². The molecule has 2 aromatic carbocycles. The van der Waals surface area contributed by atoms with Gasteiger partial charge in [-0.1, -0.05) is 24.3 Å². The fourth-order valence-electron chi connectivity index (χ4n) is 4.65. The predicted molar refractivity (Wildman–Crippen MR) is 101 cm³/mol. The molecule has 1 fully saturated rings. The van der Waals surface area contributed by atoms with Gasteiger partial charge in [0.2, 0.25) is 5.91 Å². The van der Waals surface area contributed by atoms with Gasteiger partial charge in [0.1, 0.15) is 5.82 Å². The minimum atomic E-state index is -0.364. The zero-order chi connectivity index (χ0) is 18.5. The Labute approximate surface area is 155 Å². The van der Waals surface area contributed by atoms with Crippen LogP contribution in [0, 0.1) is 5.82 Å². The molecule has 0 saturated carbocycles. The van der Waals surface area contributed by atoms with E-state index < -0.39 is 0 Å². The summed E-state index contributed by atoms with van der Waals surface area (Å²) in [7, 11) is 0. The first kappa shape index (κ1) is 16.2. The zero-order valence-electron chi connectivity index (χ0n) is 14.7. The average molecular weight is 362 g/mol. The molecule has 1 amide bonds. The molecule has 27 heavy (non-hydrogen) atoms. The standard InChI is InChI=1S/C22H19FN2O2/c23-16-5-6-19-14(10-16)9-15(22(27)24-19)12-21(26)25-8-7-13-11-20(25)18-4-2-1-3-17(13)18/h1-6,9-10,13,20H,7-8,11-12H2,(H,24,27). The van der Waals surface area contributed by atoms with E-state index in [1.54, 1.807) is 6.07 Å². The van der Waals surface area contributed by atoms with Crippen molar-refractivity contribution < 1.29 is 9.18 Å². The first-order chi connectivity index (χ1) is 13.1. The molecule has 2 unspecified atom stereocenters. The maximum Gasteiger partial charge on any atom is 0.252 e. The highest BCUT2D eigenvalue weighted by atomic mass is 19.1. The zero-order valence-corrected chi connectivity index (χ0v) is 14.7. The van der Waals surface area contributed by atoms with Crippen molar-refractivity contribution in [3.63, 3.8) is 0 Å². The number of nitrogens with one attached hydrogen (secondary N) is 1. The van der Waals surface area contributed by atoms with Crippen LogP contribution in [0.5, 0.6) is 0 Å². The Balaban J connectivity index is 1.45. The van der Waals surface area contributed by atoms with Crippen LogP contribution in [0.15, 0.2) is 53.3 Å². The van der Waals surface area contributed by atoms with Gasteiger partial charge in [0.25, 0.3) is 5.56 Å². The SMILES string of the molecule is O=C(Cc1cc2cc(F)ccc2[nH]c1=O)N1CCC2CC1c1ccccc12. The molecule has 2 atom stereocenters. The highest BCUT2D eigenvalue weighted by molar-refractivity contribution is 5.83. The number of pyridine rings is 1. The minimum Gasteiger partial charge on any atom is -0.335 e. The van der Waals surface area contributed by atoms with Crippen LogP contribution in [-0.4, -0.2) is 22.3 Å². The molecule has 136 valence electrons. The average Bonchev–Trinajstić information content (AvgIpc) is 2.95. The molecule has 2 aliphatic rings. The number of carbonyl (C=O) groups is 1. The van der Waals surface area contributed by atoms with Gasteiger partial charge in [0.15, 0.2) is 0 Å². The van der Waals surface area contributed by atoms with Crippen molar-refractivity contribution in [1.29, 1.82) is 0 Å². The summed E-state index contributed by atoms with van der Waals surface area (Å²) < 4.78 is 13.5. The molecule has 5 heteroatoms. The van der Waals surface area contributed by atoms with E-state index in [2.05, 4.69) is 23.2 Å². The third kappa shape index (κ3) is 2.65. The number of amides is 1. The largest absolute Gasteiger partial charge is 0.335 e. The maximum absolute atomic E-state index is 13.5. The number of H-pyrrole nitrogens is 1. The van der Waals surface area contributed by atoms with Crippen molar-refractivity contribution in [1.82, 2.24) is 9.88 Å². The molecule has 0 radical (unpaired) electrons. The van der Waals surface area contributed by atoms with E-state index in [1.807, 2.05) is 11.0 Å². The van der Waals surface area contributed by atoms with E-state index in [1.165, 1.54) is 29.3 Å². The summed E-state index contributed by atoms with van der Waals surface area (Å²) in [4.78, 5) is 30.1. The van der Waals surface area contributed by atoms with Crippen LogP contribution in [0.25, 0.3) is 10.9 Å². The van der Waals surface area contributed by atoms with Crippen LogP contribution < -0.4 is 5.56 Å². The second kappa shape index (κ2) is 6.05. The molecule has 1 N–H and O–H groups in total. The molecule has 1 aliphatic carbocycles. The fraction of sp³-hybridized carbons (Fsp3) is 0.273. The molecule has 0 spiro atoms. The van der Waals surface area contributed by atoms with Crippen molar-refractivity contribution in [3.05, 3.63) is 81.4 Å². The van der Waals surface area contributed by atoms with Gasteiger partial charge in [-0.3, -0.25) is 9.59 Å². The molecule has 1 saturated heterocycles. The van der Waals surface area contributed by atoms with Crippen LogP contribution in [0.2, 0.25) is 0 Å². The number of aromatic amines is 1. The molecular formula is C22H19FN2O2. The van der Waals surface area contributed by atoms with Gasteiger partial charge in [-0.25, -0.2) is 4.39 Å². The van der Waals surface area contributed by atoms with Gasteiger partial charge in [-0.2, -0.15) is 0 Å². The van der Waals surface area contributed by atoms with Crippen LogP contribution >= 0.6 is 0 Å². The first-order valence-electron chi connectivity index (χ1n) is 9.30. The van der Waals surface area contributed by atoms with Crippen molar-refractivity contribution in [3.8, 4) is 0 Å². The summed E-state index contributed by atoms with van der Waals surface area (Å²) in [6, 6.07) is 14.3. The number of aromatic nitrogens is 1. The Morgan fingerprint density at radius 2 is 1.96 bits per heavy atom. The quantitative estimate of drug-likeness (QED) is 0.756. The molecular weight excluding hydrogens is 343 g/mol. The van der Waals surface area contributed by atoms with Gasteiger partial charge < -0.3 is 9.88 Å². The molecule has 3 aromatic rings. The van der Waals surface area contributed by atoms with Crippen LogP contribution in [-0.2, 0) is 11.2 Å². The second-order valence-electron chi connectivity index (χ2n) is 7.49. The van der Waals surface area contributed by atoms with E-state index in [0.717, 1.165) is 12.8 Å². The Bertz CT molecular complexity index is 1120. The third-order valence-electron chi connectivity index (χ3n) is 5.94. The van der Waals surface area contributed by atoms with Crippen molar-refractivity contribution in [2.45, 2.75) is 31.2 Å². The van der Waals surface area contributed by atoms with E-state index in [-0.39, 0.29) is 29.7 Å². The van der Waals surface area contributed by atoms with Gasteiger partial charge in [0, 0.05) is 23.0 Å². The van der Waals surface area contributed by atoms with Gasteiger partial charge in [0.05, 0.1) is 12.5 Å². The minimum absolute atomic E-state index is 0.0329. The molecule has 2 heterocycles. The van der Waals surface area contributed by atoms with Gasteiger partial charge >= 0.3 is 0 Å². The number of likely N-dealkylation sites (tertiary alicyclic amines) is 1. The lowest BCUT2D eigenvalue weighted by molar-refractivity contribution is -0.134. The summed E-state index contributed by atoms with van der Waals surface area (Å²) in [5, 5.41) is 0.599. The van der Waals surface area contributed by atoms with Gasteiger partial charge in [-0.05, 0) is 54.2 Å². The van der Waals surface area contributed by atoms with Crippen molar-refractivity contribution in [2.24, 2.45) is 0 Å². The summed E-state index contributed by atoms with van der Waals surface area (Å²) in [5.41, 5.74) is 3.26. The van der Waals surface area contributed by atoms with Crippen molar-refractivity contribution in [2.75, 3.05) is 6.54 Å². The van der Waals surface area contributed by atoms with Crippen LogP contribution in [0.3, 0.4) is 0 Å². The number of piperidine rings is 1. The Kier molecular flexibility index (Phi) is 3.64. The number of rotatable bonds is 2. The topological polar surface area (TPSA) is 53.2 Å². The van der Waals surface area contributed by atoms with E-state index >= 15 is 0 Å². The Hall–Kier alpha value is -2.95. The summed E-state index contributed by atoms with van der Waals surface area (Å²) >= 11 is 0. The lowest BCUT2D eigenvalue weighted by atomic mass is 9.95. The maximum atomic E-state index is 13.5. The second-order valence-corrected chi connectivity index (χ2v) is 7.49. The number of halogens is 1. The third-order valence-corrected chi connectivity index (χ3v) is 5.94. The molecule has 1 aromatic heterocycles. The van der Waals surface area contributed by atoms with Crippen LogP contribution in [0.1, 0.15) is 41.5 Å². The molecule has 1 aliphatic heterocycles. The van der Waals surface area contributed by atoms with Crippen molar-refractivity contribution >= 4 is 16.8 Å². The fourth-order valence-corrected chi connectivity index (χ4v) is 4.65. The number of benzene rings is 2. The summed E-state index contributed by atoms with van der Waals surface area (Å²) in [5.74, 6) is 0.121. The summed E-state index contributed by atoms with van der Waals surface area (Å²) in [6.07, 6.45) is 1.95. The lowest BCUT2D eigenvalue weighted by Crippen LogP contribution is -2.39. The number of nitrogens with zero attached hydrogens (tertiary/aromatic N) is 1. The molecule has 4 nitrogen and oxygen atoms in total. The van der Waals surface area contributed by atoms with E-state index in [0.29, 0.717) is 28.9 Å². The highest BCUT2D eigenvalue weighted by Crippen LogP contribution is 2.48. The van der Waals surface area contributed by atoms with Crippen LogP contribution in [0.4, 0.5) is 4.39 Å². The number of carbonyl (C=O) groups excluding carboxylic acids is 1. The number of hydrogen-bond acceptors (Lipinski definition) is 2. The Morgan fingerprint density at radius 1 is 1.15 bits per heavy atom. The smallest absolute Gasteiger partial charge is 0.252 e. The normalized spacial score (nSPS) is 20.7. The highest BCUT2D eigenvalue weighted by Gasteiger charge is 2.40. The molecule has 2 bridgehead atoms. The lowest BCUT2D eigenvalue weighted by Gasteiger charge is -2.34. The monoisotopic (exact) mass is 362 g/mol. The Morgan fingerprint density at radius 3 is 2.81 bits per heavy atom. The van der Waals surface area contributed by atoms with E-state index in [9.17, 15) is 14.0 Å². The van der Waals surface area contributed by atoms with Gasteiger partial charge in [-0.15, -0.1) is 0 Å². The molecule has 5 rings (SSSR count). The summed E-state index contributed by atoms with van der Waals surface area (Å²) in [6.45, 7) is 0.711. The predicted octanol–water partition coefficient (Wildman–Crippen LogP) is 3.67.